The number of carbonyl (C=O) groups excluding carboxylic acids is 1. The first kappa shape index (κ1) is 27.0. The van der Waals surface area contributed by atoms with E-state index < -0.39 is 20.0 Å². The molecule has 3 aromatic rings. The fraction of sp³-hybridized carbons (Fsp3) is 0.269. The summed E-state index contributed by atoms with van der Waals surface area (Å²) < 4.78 is 59.1. The standard InChI is InChI=1S/C26H29N3O6S2/c1-28(20-21-5-3-2-4-6-21)36(31,32)24-13-9-23(10-14-24)27-19-26(30)22-7-11-25(12-8-22)37(33,34)29-15-17-35-18-16-29/h2-14,27H,15-20H2,1H3. The zero-order chi connectivity index (χ0) is 26.5. The van der Waals surface area contributed by atoms with E-state index >= 15 is 0 Å². The molecule has 0 atom stereocenters. The second-order valence-corrected chi connectivity index (χ2v) is 12.6. The molecule has 1 N–H and O–H groups in total. The number of sulfonamides is 2. The minimum atomic E-state index is -3.67. The number of carbonyl (C=O) groups is 1. The molecule has 1 saturated heterocycles. The smallest absolute Gasteiger partial charge is 0.243 e. The third-order valence-electron chi connectivity index (χ3n) is 6.05. The monoisotopic (exact) mass is 543 g/mol. The van der Waals surface area contributed by atoms with E-state index in [9.17, 15) is 21.6 Å². The molecule has 0 bridgehead atoms. The molecule has 9 nitrogen and oxygen atoms in total. The largest absolute Gasteiger partial charge is 0.379 e. The summed E-state index contributed by atoms with van der Waals surface area (Å²) in [6, 6.07) is 21.4. The van der Waals surface area contributed by atoms with Gasteiger partial charge >= 0.3 is 0 Å². The topological polar surface area (TPSA) is 113 Å². The molecule has 196 valence electrons. The molecule has 1 aliphatic heterocycles. The van der Waals surface area contributed by atoms with Gasteiger partial charge in [0.25, 0.3) is 0 Å². The lowest BCUT2D eigenvalue weighted by atomic mass is 10.1. The Labute approximate surface area is 217 Å². The number of nitrogens with one attached hydrogen (secondary N) is 1. The predicted octanol–water partition coefficient (Wildman–Crippen LogP) is 2.82. The summed E-state index contributed by atoms with van der Waals surface area (Å²) in [4.78, 5) is 12.9. The van der Waals surface area contributed by atoms with Gasteiger partial charge < -0.3 is 10.1 Å². The van der Waals surface area contributed by atoms with E-state index in [0.29, 0.717) is 37.6 Å². The molecule has 11 heteroatoms. The van der Waals surface area contributed by atoms with Gasteiger partial charge in [0.05, 0.1) is 29.5 Å². The molecule has 0 aliphatic carbocycles. The predicted molar refractivity (Wildman–Crippen MR) is 140 cm³/mol. The molecule has 4 rings (SSSR count). The third kappa shape index (κ3) is 6.43. The maximum Gasteiger partial charge on any atom is 0.243 e. The van der Waals surface area contributed by atoms with Crippen molar-refractivity contribution in [1.29, 1.82) is 0 Å². The molecule has 3 aromatic carbocycles. The van der Waals surface area contributed by atoms with E-state index in [0.717, 1.165) is 5.56 Å². The van der Waals surface area contributed by atoms with Gasteiger partial charge in [-0.15, -0.1) is 0 Å². The molecule has 0 unspecified atom stereocenters. The summed E-state index contributed by atoms with van der Waals surface area (Å²) in [5.41, 5.74) is 1.84. The summed E-state index contributed by atoms with van der Waals surface area (Å²) in [6.45, 7) is 1.55. The maximum absolute atomic E-state index is 12.9. The van der Waals surface area contributed by atoms with Gasteiger partial charge in [-0.2, -0.15) is 8.61 Å². The van der Waals surface area contributed by atoms with Crippen molar-refractivity contribution in [2.75, 3.05) is 45.2 Å². The quantitative estimate of drug-likeness (QED) is 0.391. The van der Waals surface area contributed by atoms with Gasteiger partial charge in [0.15, 0.2) is 5.78 Å². The Balaban J connectivity index is 1.34. The number of hydrogen-bond donors (Lipinski definition) is 1. The lowest BCUT2D eigenvalue weighted by Gasteiger charge is -2.26. The molecule has 0 radical (unpaired) electrons. The van der Waals surface area contributed by atoms with Crippen molar-refractivity contribution in [1.82, 2.24) is 8.61 Å². The fourth-order valence-corrected chi connectivity index (χ4v) is 6.45. The molecule has 1 heterocycles. The molecule has 0 spiro atoms. The van der Waals surface area contributed by atoms with Crippen LogP contribution in [-0.2, 0) is 31.3 Å². The Kier molecular flexibility index (Phi) is 8.40. The van der Waals surface area contributed by atoms with Crippen LogP contribution in [0.4, 0.5) is 5.69 Å². The summed E-state index contributed by atoms with van der Waals surface area (Å²) in [6.07, 6.45) is 0. The van der Waals surface area contributed by atoms with E-state index in [4.69, 9.17) is 4.74 Å². The second-order valence-electron chi connectivity index (χ2n) is 8.59. The van der Waals surface area contributed by atoms with Crippen LogP contribution in [0.15, 0.2) is 88.7 Å². The highest BCUT2D eigenvalue weighted by molar-refractivity contribution is 7.89. The maximum atomic E-state index is 12.9. The van der Waals surface area contributed by atoms with Crippen molar-refractivity contribution >= 4 is 31.5 Å². The number of hydrogen-bond acceptors (Lipinski definition) is 7. The van der Waals surface area contributed by atoms with Gasteiger partial charge in [0.2, 0.25) is 20.0 Å². The van der Waals surface area contributed by atoms with Crippen molar-refractivity contribution in [2.45, 2.75) is 16.3 Å². The molecular formula is C26H29N3O6S2. The number of Topliss-reactive ketones (excluding diaryl/α,β-unsaturated/α-hetero) is 1. The van der Waals surface area contributed by atoms with E-state index in [-0.39, 0.29) is 28.7 Å². The van der Waals surface area contributed by atoms with E-state index in [1.807, 2.05) is 30.3 Å². The number of ketones is 1. The van der Waals surface area contributed by atoms with Crippen molar-refractivity contribution in [3.05, 3.63) is 90.0 Å². The normalized spacial score (nSPS) is 15.0. The zero-order valence-electron chi connectivity index (χ0n) is 20.4. The van der Waals surface area contributed by atoms with Crippen LogP contribution >= 0.6 is 0 Å². The molecule has 37 heavy (non-hydrogen) atoms. The van der Waals surface area contributed by atoms with E-state index in [1.54, 1.807) is 12.1 Å². The van der Waals surface area contributed by atoms with Crippen LogP contribution in [0.25, 0.3) is 0 Å². The van der Waals surface area contributed by atoms with Crippen molar-refractivity contribution < 1.29 is 26.4 Å². The van der Waals surface area contributed by atoms with E-state index in [2.05, 4.69) is 5.32 Å². The molecule has 0 saturated carbocycles. The Hall–Kier alpha value is -3.09. The number of benzene rings is 3. The van der Waals surface area contributed by atoms with Gasteiger partial charge in [-0.1, -0.05) is 30.3 Å². The lowest BCUT2D eigenvalue weighted by Crippen LogP contribution is -2.40. The van der Waals surface area contributed by atoms with Crippen molar-refractivity contribution in [2.24, 2.45) is 0 Å². The summed E-state index contributed by atoms with van der Waals surface area (Å²) in [5, 5.41) is 2.99. The number of rotatable bonds is 10. The molecule has 0 amide bonds. The number of morpholine rings is 1. The first-order chi connectivity index (χ1) is 17.7. The minimum absolute atomic E-state index is 0.0322. The molecule has 0 aromatic heterocycles. The zero-order valence-corrected chi connectivity index (χ0v) is 22.0. The SMILES string of the molecule is CN(Cc1ccccc1)S(=O)(=O)c1ccc(NCC(=O)c2ccc(S(=O)(=O)N3CCOCC3)cc2)cc1. The molecule has 1 aliphatic rings. The Bertz CT molecular complexity index is 1420. The highest BCUT2D eigenvalue weighted by Crippen LogP contribution is 2.20. The highest BCUT2D eigenvalue weighted by atomic mass is 32.2. The van der Waals surface area contributed by atoms with Gasteiger partial charge in [0, 0.05) is 37.9 Å². The Morgan fingerprint density at radius 2 is 1.46 bits per heavy atom. The van der Waals surface area contributed by atoms with Crippen LogP contribution in [-0.4, -0.2) is 71.1 Å². The minimum Gasteiger partial charge on any atom is -0.379 e. The van der Waals surface area contributed by atoms with Crippen LogP contribution < -0.4 is 5.32 Å². The number of nitrogens with zero attached hydrogens (tertiary/aromatic N) is 2. The average Bonchev–Trinajstić information content (AvgIpc) is 2.93. The van der Waals surface area contributed by atoms with Crippen LogP contribution in [0, 0.1) is 0 Å². The van der Waals surface area contributed by atoms with Crippen LogP contribution in [0.1, 0.15) is 15.9 Å². The summed E-state index contributed by atoms with van der Waals surface area (Å²) in [7, 11) is -5.77. The second kappa shape index (κ2) is 11.5. The fourth-order valence-electron chi connectivity index (χ4n) is 3.88. The van der Waals surface area contributed by atoms with Crippen LogP contribution in [0.2, 0.25) is 0 Å². The summed E-state index contributed by atoms with van der Waals surface area (Å²) in [5.74, 6) is -0.227. The van der Waals surface area contributed by atoms with E-state index in [1.165, 1.54) is 52.1 Å². The third-order valence-corrected chi connectivity index (χ3v) is 9.78. The molecular weight excluding hydrogens is 514 g/mol. The van der Waals surface area contributed by atoms with Crippen LogP contribution in [0.5, 0.6) is 0 Å². The Morgan fingerprint density at radius 1 is 0.865 bits per heavy atom. The van der Waals surface area contributed by atoms with Gasteiger partial charge in [-0.25, -0.2) is 16.8 Å². The lowest BCUT2D eigenvalue weighted by molar-refractivity contribution is 0.0730. The van der Waals surface area contributed by atoms with Gasteiger partial charge in [-0.3, -0.25) is 4.79 Å². The first-order valence-corrected chi connectivity index (χ1v) is 14.6. The molecule has 1 fully saturated rings. The van der Waals surface area contributed by atoms with Gasteiger partial charge in [0.1, 0.15) is 0 Å². The van der Waals surface area contributed by atoms with Crippen LogP contribution in [0.3, 0.4) is 0 Å². The first-order valence-electron chi connectivity index (χ1n) is 11.7. The van der Waals surface area contributed by atoms with Gasteiger partial charge in [-0.05, 0) is 54.1 Å². The average molecular weight is 544 g/mol. The number of anilines is 1. The summed E-state index contributed by atoms with van der Waals surface area (Å²) >= 11 is 0. The van der Waals surface area contributed by atoms with Crippen molar-refractivity contribution in [3.8, 4) is 0 Å². The highest BCUT2D eigenvalue weighted by Gasteiger charge is 2.26. The number of ether oxygens (including phenoxy) is 1. The Morgan fingerprint density at radius 3 is 2.08 bits per heavy atom. The van der Waals surface area contributed by atoms with Crippen molar-refractivity contribution in [3.63, 3.8) is 0 Å².